The summed E-state index contributed by atoms with van der Waals surface area (Å²) in [5, 5.41) is 0. The van der Waals surface area contributed by atoms with Gasteiger partial charge in [-0.05, 0) is 19.3 Å². The molecule has 0 aliphatic heterocycles. The van der Waals surface area contributed by atoms with Crippen LogP contribution in [0.25, 0.3) is 0 Å². The van der Waals surface area contributed by atoms with Crippen molar-refractivity contribution >= 4 is 0 Å². The van der Waals surface area contributed by atoms with E-state index in [-0.39, 0.29) is 0 Å². The molecule has 0 amide bonds. The van der Waals surface area contributed by atoms with Crippen molar-refractivity contribution in [3.05, 3.63) is 31.2 Å². The predicted octanol–water partition coefficient (Wildman–Crippen LogP) is 4.29. The standard InChI is InChI=1S/C12H21/c1-3-5-7-9-11-12-10-8-6-4-2/h9-12H,1,3-8H2,2H3/b11-9-,12-10+. The molecule has 0 atom stereocenters. The van der Waals surface area contributed by atoms with Crippen LogP contribution >= 0.6 is 0 Å². The minimum absolute atomic E-state index is 1.05. The molecule has 69 valence electrons. The van der Waals surface area contributed by atoms with E-state index in [1.165, 1.54) is 32.1 Å². The maximum absolute atomic E-state index is 3.79. The van der Waals surface area contributed by atoms with E-state index in [0.717, 1.165) is 6.42 Å². The Morgan fingerprint density at radius 2 is 1.58 bits per heavy atom. The van der Waals surface area contributed by atoms with Crippen LogP contribution in [-0.4, -0.2) is 0 Å². The Balaban J connectivity index is 3.15. The summed E-state index contributed by atoms with van der Waals surface area (Å²) in [6.07, 6.45) is 16.0. The third-order valence-corrected chi connectivity index (χ3v) is 1.73. The van der Waals surface area contributed by atoms with E-state index in [4.69, 9.17) is 0 Å². The van der Waals surface area contributed by atoms with Crippen LogP contribution < -0.4 is 0 Å². The van der Waals surface area contributed by atoms with Crippen molar-refractivity contribution in [1.82, 2.24) is 0 Å². The zero-order valence-corrected chi connectivity index (χ0v) is 8.26. The SMILES string of the molecule is [CH2]CCC/C=C\C=C\CCCC. The van der Waals surface area contributed by atoms with Gasteiger partial charge in [-0.1, -0.05) is 57.4 Å². The quantitative estimate of drug-likeness (QED) is 0.390. The fourth-order valence-corrected chi connectivity index (χ4v) is 0.934. The highest BCUT2D eigenvalue weighted by molar-refractivity contribution is 5.02. The lowest BCUT2D eigenvalue weighted by Crippen LogP contribution is -1.67. The molecular formula is C12H21. The first-order chi connectivity index (χ1) is 5.91. The van der Waals surface area contributed by atoms with E-state index in [2.05, 4.69) is 38.2 Å². The second-order valence-corrected chi connectivity index (χ2v) is 2.99. The Morgan fingerprint density at radius 1 is 1.00 bits per heavy atom. The van der Waals surface area contributed by atoms with E-state index < -0.39 is 0 Å². The summed E-state index contributed by atoms with van der Waals surface area (Å²) in [6, 6.07) is 0. The van der Waals surface area contributed by atoms with Crippen molar-refractivity contribution in [2.24, 2.45) is 0 Å². The van der Waals surface area contributed by atoms with Crippen LogP contribution in [0.4, 0.5) is 0 Å². The molecule has 0 aliphatic rings. The van der Waals surface area contributed by atoms with E-state index in [9.17, 15) is 0 Å². The molecule has 12 heavy (non-hydrogen) atoms. The van der Waals surface area contributed by atoms with Crippen LogP contribution in [0.5, 0.6) is 0 Å². The molecule has 0 saturated heterocycles. The molecule has 0 heterocycles. The van der Waals surface area contributed by atoms with Crippen molar-refractivity contribution in [3.63, 3.8) is 0 Å². The van der Waals surface area contributed by atoms with Crippen LogP contribution in [0.15, 0.2) is 24.3 Å². The van der Waals surface area contributed by atoms with Crippen molar-refractivity contribution in [2.75, 3.05) is 0 Å². The van der Waals surface area contributed by atoms with Gasteiger partial charge >= 0.3 is 0 Å². The third-order valence-electron chi connectivity index (χ3n) is 1.73. The average molecular weight is 165 g/mol. The Bertz CT molecular complexity index is 104. The van der Waals surface area contributed by atoms with Crippen LogP contribution in [0.2, 0.25) is 0 Å². The highest BCUT2D eigenvalue weighted by Gasteiger charge is 1.77. The van der Waals surface area contributed by atoms with Gasteiger partial charge in [0.1, 0.15) is 0 Å². The Hall–Kier alpha value is -0.520. The molecule has 1 radical (unpaired) electrons. The summed E-state index contributed by atoms with van der Waals surface area (Å²) < 4.78 is 0. The van der Waals surface area contributed by atoms with E-state index >= 15 is 0 Å². The molecule has 0 spiro atoms. The Kier molecular flexibility index (Phi) is 10.0. The average Bonchev–Trinajstić information content (AvgIpc) is 2.10. The van der Waals surface area contributed by atoms with Gasteiger partial charge in [-0.25, -0.2) is 0 Å². The maximum Gasteiger partial charge on any atom is -0.0348 e. The smallest absolute Gasteiger partial charge is 0.0348 e. The highest BCUT2D eigenvalue weighted by Crippen LogP contribution is 1.97. The number of allylic oxidation sites excluding steroid dienone is 4. The normalized spacial score (nSPS) is 11.8. The Morgan fingerprint density at radius 3 is 2.08 bits per heavy atom. The van der Waals surface area contributed by atoms with Crippen LogP contribution in [-0.2, 0) is 0 Å². The molecule has 0 aromatic rings. The Labute approximate surface area is 77.4 Å². The summed E-state index contributed by atoms with van der Waals surface area (Å²) in [5.74, 6) is 0. The van der Waals surface area contributed by atoms with Gasteiger partial charge < -0.3 is 0 Å². The monoisotopic (exact) mass is 165 g/mol. The van der Waals surface area contributed by atoms with E-state index in [0.29, 0.717) is 0 Å². The first kappa shape index (κ1) is 11.5. The first-order valence-electron chi connectivity index (χ1n) is 5.02. The van der Waals surface area contributed by atoms with Crippen LogP contribution in [0.3, 0.4) is 0 Å². The molecule has 0 unspecified atom stereocenters. The summed E-state index contributed by atoms with van der Waals surface area (Å²) >= 11 is 0. The lowest BCUT2D eigenvalue weighted by atomic mass is 10.2. The minimum Gasteiger partial charge on any atom is -0.0845 e. The molecule has 0 nitrogen and oxygen atoms in total. The molecule has 0 heteroatoms. The molecule has 0 N–H and O–H groups in total. The van der Waals surface area contributed by atoms with Crippen molar-refractivity contribution < 1.29 is 0 Å². The molecule has 0 aromatic carbocycles. The number of rotatable bonds is 7. The number of hydrogen-bond acceptors (Lipinski definition) is 0. The zero-order chi connectivity index (χ0) is 9.07. The van der Waals surface area contributed by atoms with Crippen LogP contribution in [0, 0.1) is 6.92 Å². The minimum atomic E-state index is 1.05. The molecule has 0 aliphatic carbocycles. The summed E-state index contributed by atoms with van der Waals surface area (Å²) in [5.41, 5.74) is 0. The first-order valence-corrected chi connectivity index (χ1v) is 5.02. The van der Waals surface area contributed by atoms with Gasteiger partial charge in [-0.2, -0.15) is 0 Å². The van der Waals surface area contributed by atoms with Crippen LogP contribution in [0.1, 0.15) is 45.4 Å². The lowest BCUT2D eigenvalue weighted by molar-refractivity contribution is 0.814. The van der Waals surface area contributed by atoms with E-state index in [1.807, 2.05) is 0 Å². The summed E-state index contributed by atoms with van der Waals surface area (Å²) in [4.78, 5) is 0. The van der Waals surface area contributed by atoms with Gasteiger partial charge in [0.2, 0.25) is 0 Å². The summed E-state index contributed by atoms with van der Waals surface area (Å²) in [6.45, 7) is 6.01. The maximum atomic E-state index is 3.79. The number of unbranched alkanes of at least 4 members (excludes halogenated alkanes) is 4. The number of hydrogen-bond donors (Lipinski definition) is 0. The largest absolute Gasteiger partial charge is 0.0845 e. The van der Waals surface area contributed by atoms with Gasteiger partial charge in [-0.15, -0.1) is 0 Å². The molecule has 0 bridgehead atoms. The molecule has 0 aromatic heterocycles. The fraction of sp³-hybridized carbons (Fsp3) is 0.583. The van der Waals surface area contributed by atoms with Gasteiger partial charge in [0.15, 0.2) is 0 Å². The zero-order valence-electron chi connectivity index (χ0n) is 8.26. The molecular weight excluding hydrogens is 144 g/mol. The fourth-order valence-electron chi connectivity index (χ4n) is 0.934. The molecule has 0 saturated carbocycles. The second kappa shape index (κ2) is 10.5. The van der Waals surface area contributed by atoms with Crippen molar-refractivity contribution in [1.29, 1.82) is 0 Å². The van der Waals surface area contributed by atoms with E-state index in [1.54, 1.807) is 0 Å². The van der Waals surface area contributed by atoms with Gasteiger partial charge in [-0.3, -0.25) is 0 Å². The topological polar surface area (TPSA) is 0 Å². The summed E-state index contributed by atoms with van der Waals surface area (Å²) in [7, 11) is 0. The predicted molar refractivity (Wildman–Crippen MR) is 57.0 cm³/mol. The molecule has 0 fully saturated rings. The second-order valence-electron chi connectivity index (χ2n) is 2.99. The lowest BCUT2D eigenvalue weighted by Gasteiger charge is -1.87. The highest BCUT2D eigenvalue weighted by atomic mass is 13.8. The third kappa shape index (κ3) is 9.48. The van der Waals surface area contributed by atoms with Gasteiger partial charge in [0, 0.05) is 0 Å². The van der Waals surface area contributed by atoms with Gasteiger partial charge in [0.05, 0.1) is 0 Å². The van der Waals surface area contributed by atoms with Crippen molar-refractivity contribution in [2.45, 2.75) is 45.4 Å². The van der Waals surface area contributed by atoms with Gasteiger partial charge in [0.25, 0.3) is 0 Å². The molecule has 0 rings (SSSR count). The van der Waals surface area contributed by atoms with Crippen molar-refractivity contribution in [3.8, 4) is 0 Å².